The summed E-state index contributed by atoms with van der Waals surface area (Å²) in [6, 6.07) is 7.96. The van der Waals surface area contributed by atoms with E-state index < -0.39 is 6.09 Å². The van der Waals surface area contributed by atoms with E-state index in [1.165, 1.54) is 4.90 Å². The highest BCUT2D eigenvalue weighted by atomic mass is 16.5. The summed E-state index contributed by atoms with van der Waals surface area (Å²) in [5.41, 5.74) is 2.17. The van der Waals surface area contributed by atoms with E-state index in [0.717, 1.165) is 22.3 Å². The molecular weight excluding hydrogens is 232 g/mol. The van der Waals surface area contributed by atoms with Crippen molar-refractivity contribution in [2.45, 2.75) is 13.1 Å². The molecule has 0 saturated heterocycles. The predicted octanol–water partition coefficient (Wildman–Crippen LogP) is 2.14. The molecule has 3 rings (SSSR count). The van der Waals surface area contributed by atoms with Crippen LogP contribution in [-0.2, 0) is 13.1 Å². The van der Waals surface area contributed by atoms with Crippen LogP contribution in [0.25, 0.3) is 10.9 Å². The Kier molecular flexibility index (Phi) is 2.40. The molecule has 1 aliphatic heterocycles. The van der Waals surface area contributed by atoms with Gasteiger partial charge in [0, 0.05) is 29.7 Å². The van der Waals surface area contributed by atoms with E-state index in [-0.39, 0.29) is 0 Å². The Hall–Kier alpha value is -2.17. The molecule has 0 bridgehead atoms. The van der Waals surface area contributed by atoms with Crippen LogP contribution in [0.1, 0.15) is 5.69 Å². The maximum atomic E-state index is 11.0. The molecule has 0 fully saturated rings. The summed E-state index contributed by atoms with van der Waals surface area (Å²) in [5.74, 6) is 0.820. The predicted molar refractivity (Wildman–Crippen MR) is 66.9 cm³/mol. The van der Waals surface area contributed by atoms with Crippen molar-refractivity contribution >= 4 is 17.0 Å². The molecule has 0 unspecified atom stereocenters. The van der Waals surface area contributed by atoms with Gasteiger partial charge in [-0.15, -0.1) is 0 Å². The van der Waals surface area contributed by atoms with Gasteiger partial charge in [-0.25, -0.2) is 4.79 Å². The third-order valence-electron chi connectivity index (χ3n) is 3.41. The summed E-state index contributed by atoms with van der Waals surface area (Å²) < 4.78 is 7.37. The lowest BCUT2D eigenvalue weighted by Gasteiger charge is -2.26. The summed E-state index contributed by atoms with van der Waals surface area (Å²) in [6.45, 7) is 1.70. The van der Waals surface area contributed by atoms with Crippen molar-refractivity contribution in [1.82, 2.24) is 9.47 Å². The number of hydrogen-bond acceptors (Lipinski definition) is 2. The van der Waals surface area contributed by atoms with E-state index in [0.29, 0.717) is 19.6 Å². The Morgan fingerprint density at radius 2 is 2.17 bits per heavy atom. The first-order valence-corrected chi connectivity index (χ1v) is 5.83. The Labute approximate surface area is 104 Å². The first-order valence-electron chi connectivity index (χ1n) is 5.83. The molecule has 0 radical (unpaired) electrons. The monoisotopic (exact) mass is 246 g/mol. The summed E-state index contributed by atoms with van der Waals surface area (Å²) in [7, 11) is 1.64. The van der Waals surface area contributed by atoms with Crippen molar-refractivity contribution < 1.29 is 14.6 Å². The van der Waals surface area contributed by atoms with Crippen molar-refractivity contribution in [2.75, 3.05) is 13.7 Å². The van der Waals surface area contributed by atoms with Crippen LogP contribution in [0.4, 0.5) is 4.79 Å². The van der Waals surface area contributed by atoms with Crippen molar-refractivity contribution in [3.8, 4) is 5.75 Å². The number of benzene rings is 1. The van der Waals surface area contributed by atoms with Crippen molar-refractivity contribution in [1.29, 1.82) is 0 Å². The summed E-state index contributed by atoms with van der Waals surface area (Å²) in [6.07, 6.45) is -0.857. The van der Waals surface area contributed by atoms with Crippen LogP contribution in [0.2, 0.25) is 0 Å². The fourth-order valence-electron chi connectivity index (χ4n) is 2.49. The molecule has 1 aromatic heterocycles. The van der Waals surface area contributed by atoms with Crippen LogP contribution in [0.3, 0.4) is 0 Å². The SMILES string of the molecule is COc1ccc2c(c1)cc1n2CCN(C(=O)O)C1. The number of nitrogens with zero attached hydrogens (tertiary/aromatic N) is 2. The first kappa shape index (κ1) is 11.0. The highest BCUT2D eigenvalue weighted by molar-refractivity contribution is 5.83. The topological polar surface area (TPSA) is 54.7 Å². The van der Waals surface area contributed by atoms with Gasteiger partial charge in [0.05, 0.1) is 13.7 Å². The molecule has 0 saturated carbocycles. The van der Waals surface area contributed by atoms with E-state index in [4.69, 9.17) is 9.84 Å². The van der Waals surface area contributed by atoms with Gasteiger partial charge >= 0.3 is 6.09 Å². The Bertz CT molecular complexity index is 618. The van der Waals surface area contributed by atoms with E-state index in [1.54, 1.807) is 7.11 Å². The fourth-order valence-corrected chi connectivity index (χ4v) is 2.49. The van der Waals surface area contributed by atoms with E-state index >= 15 is 0 Å². The third kappa shape index (κ3) is 1.59. The van der Waals surface area contributed by atoms with Crippen molar-refractivity contribution in [3.05, 3.63) is 30.0 Å². The lowest BCUT2D eigenvalue weighted by Crippen LogP contribution is -2.36. The number of hydrogen-bond donors (Lipinski definition) is 1. The highest BCUT2D eigenvalue weighted by Crippen LogP contribution is 2.27. The molecular formula is C13H14N2O3. The molecule has 18 heavy (non-hydrogen) atoms. The van der Waals surface area contributed by atoms with Gasteiger partial charge in [-0.1, -0.05) is 0 Å². The van der Waals surface area contributed by atoms with Gasteiger partial charge in [0.25, 0.3) is 0 Å². The van der Waals surface area contributed by atoms with Crippen LogP contribution in [0.15, 0.2) is 24.3 Å². The molecule has 1 aromatic carbocycles. The standard InChI is InChI=1S/C13H14N2O3/c1-18-11-2-3-12-9(7-11)6-10-8-14(13(16)17)4-5-15(10)12/h2-3,6-7H,4-5,8H2,1H3,(H,16,17). The quantitative estimate of drug-likeness (QED) is 0.838. The molecule has 1 aliphatic rings. The summed E-state index contributed by atoms with van der Waals surface area (Å²) >= 11 is 0. The zero-order valence-corrected chi connectivity index (χ0v) is 10.1. The van der Waals surface area contributed by atoms with Crippen LogP contribution < -0.4 is 4.74 Å². The minimum Gasteiger partial charge on any atom is -0.497 e. The molecule has 0 atom stereocenters. The van der Waals surface area contributed by atoms with Gasteiger partial charge in [0.1, 0.15) is 5.75 Å². The normalized spacial score (nSPS) is 14.6. The molecule has 94 valence electrons. The van der Waals surface area contributed by atoms with Crippen LogP contribution in [0, 0.1) is 0 Å². The van der Waals surface area contributed by atoms with Gasteiger partial charge in [0.15, 0.2) is 0 Å². The average molecular weight is 246 g/mol. The number of ether oxygens (including phenoxy) is 1. The summed E-state index contributed by atoms with van der Waals surface area (Å²) in [5, 5.41) is 10.1. The largest absolute Gasteiger partial charge is 0.497 e. The maximum absolute atomic E-state index is 11.0. The number of aromatic nitrogens is 1. The van der Waals surface area contributed by atoms with Gasteiger partial charge < -0.3 is 19.3 Å². The number of carbonyl (C=O) groups is 1. The zero-order valence-electron chi connectivity index (χ0n) is 10.1. The molecule has 2 heterocycles. The lowest BCUT2D eigenvalue weighted by atomic mass is 10.2. The number of rotatable bonds is 1. The second-order valence-electron chi connectivity index (χ2n) is 4.42. The molecule has 1 amide bonds. The zero-order chi connectivity index (χ0) is 12.7. The Morgan fingerprint density at radius 3 is 2.89 bits per heavy atom. The van der Waals surface area contributed by atoms with E-state index in [1.807, 2.05) is 24.3 Å². The minimum atomic E-state index is -0.857. The number of fused-ring (bicyclic) bond motifs is 3. The number of amides is 1. The highest BCUT2D eigenvalue weighted by Gasteiger charge is 2.21. The van der Waals surface area contributed by atoms with Crippen molar-refractivity contribution in [3.63, 3.8) is 0 Å². The van der Waals surface area contributed by atoms with Crippen LogP contribution >= 0.6 is 0 Å². The molecule has 5 heteroatoms. The first-order chi connectivity index (χ1) is 8.69. The van der Waals surface area contributed by atoms with Crippen LogP contribution in [-0.4, -0.2) is 34.3 Å². The Morgan fingerprint density at radius 1 is 1.33 bits per heavy atom. The molecule has 0 spiro atoms. The van der Waals surface area contributed by atoms with E-state index in [9.17, 15) is 4.79 Å². The van der Waals surface area contributed by atoms with Crippen molar-refractivity contribution in [2.24, 2.45) is 0 Å². The van der Waals surface area contributed by atoms with E-state index in [2.05, 4.69) is 4.57 Å². The molecule has 2 aromatic rings. The molecule has 0 aliphatic carbocycles. The lowest BCUT2D eigenvalue weighted by molar-refractivity contribution is 0.133. The van der Waals surface area contributed by atoms with Gasteiger partial charge in [-0.05, 0) is 24.3 Å². The third-order valence-corrected chi connectivity index (χ3v) is 3.41. The van der Waals surface area contributed by atoms with Gasteiger partial charge in [0.2, 0.25) is 0 Å². The second kappa shape index (κ2) is 3.94. The Balaban J connectivity index is 2.06. The van der Waals surface area contributed by atoms with Crippen LogP contribution in [0.5, 0.6) is 5.75 Å². The number of carboxylic acid groups (broad SMARTS) is 1. The minimum absolute atomic E-state index is 0.451. The smallest absolute Gasteiger partial charge is 0.407 e. The number of methoxy groups -OCH3 is 1. The average Bonchev–Trinajstić information content (AvgIpc) is 2.74. The summed E-state index contributed by atoms with van der Waals surface area (Å²) in [4.78, 5) is 12.4. The molecule has 1 N–H and O–H groups in total. The second-order valence-corrected chi connectivity index (χ2v) is 4.42. The van der Waals surface area contributed by atoms with Gasteiger partial charge in [-0.2, -0.15) is 0 Å². The fraction of sp³-hybridized carbons (Fsp3) is 0.308. The molecule has 5 nitrogen and oxygen atoms in total. The maximum Gasteiger partial charge on any atom is 0.407 e. The van der Waals surface area contributed by atoms with Gasteiger partial charge in [-0.3, -0.25) is 0 Å².